The Balaban J connectivity index is 1.80. The first-order chi connectivity index (χ1) is 17.5. The van der Waals surface area contributed by atoms with Gasteiger partial charge in [-0.05, 0) is 31.2 Å². The van der Waals surface area contributed by atoms with E-state index in [9.17, 15) is 36.3 Å². The Kier molecular flexibility index (Phi) is 8.31. The highest BCUT2D eigenvalue weighted by atomic mass is 35.5. The van der Waals surface area contributed by atoms with Crippen molar-refractivity contribution in [3.8, 4) is 5.88 Å². The molecule has 0 radical (unpaired) electrons. The molecule has 8 nitrogen and oxygen atoms in total. The summed E-state index contributed by atoms with van der Waals surface area (Å²) in [6.07, 6.45) is -1.80. The van der Waals surface area contributed by atoms with Gasteiger partial charge in [0.25, 0.3) is 5.91 Å². The lowest BCUT2D eigenvalue weighted by Crippen LogP contribution is -2.46. The van der Waals surface area contributed by atoms with Crippen molar-refractivity contribution in [3.05, 3.63) is 87.5 Å². The molecule has 1 aromatic carbocycles. The topological polar surface area (TPSA) is 107 Å². The van der Waals surface area contributed by atoms with E-state index in [0.717, 1.165) is 18.2 Å². The molecule has 1 unspecified atom stereocenters. The number of hydrogen-bond acceptors (Lipinski definition) is 6. The fourth-order valence-electron chi connectivity index (χ4n) is 3.05. The number of carbonyl (C=O) groups excluding carboxylic acids is 3. The highest BCUT2D eigenvalue weighted by molar-refractivity contribution is 6.31. The minimum Gasteiger partial charge on any atom is -0.489 e. The first kappa shape index (κ1) is 27.4. The van der Waals surface area contributed by atoms with Crippen LogP contribution in [0.5, 0.6) is 5.88 Å². The van der Waals surface area contributed by atoms with Gasteiger partial charge < -0.3 is 14.8 Å². The zero-order valence-electron chi connectivity index (χ0n) is 18.6. The van der Waals surface area contributed by atoms with E-state index in [1.165, 1.54) is 12.2 Å². The molecular weight excluding hydrogens is 529 g/mol. The number of amides is 3. The van der Waals surface area contributed by atoms with Gasteiger partial charge in [-0.2, -0.15) is 13.2 Å². The van der Waals surface area contributed by atoms with E-state index in [2.05, 4.69) is 10.3 Å². The minimum absolute atomic E-state index is 0.0145. The summed E-state index contributed by atoms with van der Waals surface area (Å²) in [5, 5.41) is 3.48. The van der Waals surface area contributed by atoms with Gasteiger partial charge in [-0.25, -0.2) is 23.4 Å². The third-order valence-electron chi connectivity index (χ3n) is 4.66. The molecule has 1 aromatic heterocycles. The Hall–Kier alpha value is -4.22. The predicted molar refractivity (Wildman–Crippen MR) is 118 cm³/mol. The molecule has 3 amide bonds. The lowest BCUT2D eigenvalue weighted by atomic mass is 10.0. The smallest absolute Gasteiger partial charge is 0.417 e. The Labute approximate surface area is 210 Å². The van der Waals surface area contributed by atoms with Gasteiger partial charge in [0.1, 0.15) is 33.7 Å². The molecule has 0 saturated carbocycles. The lowest BCUT2D eigenvalue weighted by Gasteiger charge is -2.24. The van der Waals surface area contributed by atoms with Crippen molar-refractivity contribution in [2.45, 2.75) is 19.1 Å². The largest absolute Gasteiger partial charge is 0.489 e. The van der Waals surface area contributed by atoms with Crippen LogP contribution in [0.15, 0.2) is 59.7 Å². The summed E-state index contributed by atoms with van der Waals surface area (Å²) in [6.45, 7) is 1.53. The van der Waals surface area contributed by atoms with E-state index in [-0.39, 0.29) is 23.7 Å². The number of ether oxygens (including phenoxy) is 2. The van der Waals surface area contributed by atoms with E-state index in [0.29, 0.717) is 12.3 Å². The molecule has 194 valence electrons. The number of alkyl halides is 3. The van der Waals surface area contributed by atoms with Gasteiger partial charge in [0.15, 0.2) is 11.5 Å². The first-order valence-electron chi connectivity index (χ1n) is 10.2. The second kappa shape index (κ2) is 11.2. The number of nitrogens with one attached hydrogen (secondary N) is 2. The number of pyridine rings is 1. The number of carbonyl (C=O) groups is 2. The Morgan fingerprint density at radius 1 is 1.22 bits per heavy atom. The summed E-state index contributed by atoms with van der Waals surface area (Å²) < 4.78 is 77.0. The maximum atomic E-state index is 13.8. The molecule has 0 fully saturated rings. The Morgan fingerprint density at radius 3 is 2.46 bits per heavy atom. The van der Waals surface area contributed by atoms with Crippen LogP contribution in [0.2, 0.25) is 5.02 Å². The zero-order chi connectivity index (χ0) is 27.3. The van der Waals surface area contributed by atoms with Gasteiger partial charge in [-0.1, -0.05) is 23.7 Å². The van der Waals surface area contributed by atoms with Crippen molar-refractivity contribution in [3.63, 3.8) is 0 Å². The van der Waals surface area contributed by atoms with Crippen molar-refractivity contribution in [2.24, 2.45) is 0 Å². The summed E-state index contributed by atoms with van der Waals surface area (Å²) in [5.41, 5.74) is -2.44. The van der Waals surface area contributed by atoms with E-state index < -0.39 is 57.8 Å². The summed E-state index contributed by atoms with van der Waals surface area (Å²) >= 11 is 5.86. The van der Waals surface area contributed by atoms with Crippen LogP contribution in [-0.2, 0) is 15.7 Å². The standard InChI is InChI=1S/C23H15ClF5N3O5/c1-2-36-19-12(10-33)16(31-22(35)32-20(34)18-14(25)4-3-5-15(18)26)6-7-17(19)37-21-13(24)8-11(9-30-21)23(27,28)29/h3-9,16H,2H2,1H3,(H2,31,32,34,35). The van der Waals surface area contributed by atoms with Crippen LogP contribution in [0, 0.1) is 11.6 Å². The van der Waals surface area contributed by atoms with Crippen LogP contribution >= 0.6 is 11.6 Å². The Morgan fingerprint density at radius 2 is 1.89 bits per heavy atom. The molecule has 1 atom stereocenters. The molecule has 0 aliphatic heterocycles. The van der Waals surface area contributed by atoms with Crippen molar-refractivity contribution in [1.82, 2.24) is 15.6 Å². The second-order valence-electron chi connectivity index (χ2n) is 7.11. The summed E-state index contributed by atoms with van der Waals surface area (Å²) in [5.74, 6) is -3.10. The summed E-state index contributed by atoms with van der Waals surface area (Å²) in [4.78, 5) is 39.7. The monoisotopic (exact) mass is 543 g/mol. The number of hydrogen-bond donors (Lipinski definition) is 2. The number of halogens is 6. The molecule has 1 aliphatic carbocycles. The quantitative estimate of drug-likeness (QED) is 0.411. The minimum atomic E-state index is -4.69. The highest BCUT2D eigenvalue weighted by Gasteiger charge is 2.33. The third-order valence-corrected chi connectivity index (χ3v) is 4.93. The van der Waals surface area contributed by atoms with E-state index in [1.54, 1.807) is 18.2 Å². The van der Waals surface area contributed by atoms with Crippen molar-refractivity contribution in [1.29, 1.82) is 0 Å². The average molecular weight is 544 g/mol. The van der Waals surface area contributed by atoms with E-state index in [1.807, 2.05) is 0 Å². The highest BCUT2D eigenvalue weighted by Crippen LogP contribution is 2.35. The van der Waals surface area contributed by atoms with Gasteiger partial charge >= 0.3 is 12.2 Å². The zero-order valence-corrected chi connectivity index (χ0v) is 19.3. The van der Waals surface area contributed by atoms with Crippen LogP contribution < -0.4 is 15.4 Å². The van der Waals surface area contributed by atoms with Gasteiger partial charge in [-0.15, -0.1) is 0 Å². The average Bonchev–Trinajstić information content (AvgIpc) is 2.81. The molecule has 1 heterocycles. The number of urea groups is 1. The van der Waals surface area contributed by atoms with Gasteiger partial charge in [0, 0.05) is 6.20 Å². The molecule has 1 aliphatic rings. The molecule has 3 rings (SSSR count). The lowest BCUT2D eigenvalue weighted by molar-refractivity contribution is -0.137. The van der Waals surface area contributed by atoms with Crippen molar-refractivity contribution >= 4 is 29.5 Å². The maximum absolute atomic E-state index is 13.8. The van der Waals surface area contributed by atoms with Gasteiger partial charge in [0.05, 0.1) is 18.2 Å². The third kappa shape index (κ3) is 6.32. The van der Waals surface area contributed by atoms with E-state index in [4.69, 9.17) is 21.1 Å². The number of allylic oxidation sites excluding steroid dienone is 1. The second-order valence-corrected chi connectivity index (χ2v) is 7.52. The normalized spacial score (nSPS) is 15.2. The van der Waals surface area contributed by atoms with E-state index >= 15 is 0 Å². The molecule has 2 aromatic rings. The van der Waals surface area contributed by atoms with Gasteiger partial charge in [0.2, 0.25) is 5.88 Å². The SMILES string of the molecule is CCOC1=C(Oc2ncc(C(F)(F)F)cc2Cl)C=CC(NC(=O)NC(=O)c2c(F)cccc2F)C1=C=O. The van der Waals surface area contributed by atoms with Gasteiger partial charge in [-0.3, -0.25) is 10.1 Å². The number of nitrogens with zero attached hydrogens (tertiary/aromatic N) is 1. The summed E-state index contributed by atoms with van der Waals surface area (Å²) in [6, 6.07) is 0.808. The molecule has 37 heavy (non-hydrogen) atoms. The molecular formula is C23H15ClF5N3O5. The van der Waals surface area contributed by atoms with Crippen molar-refractivity contribution < 1.29 is 45.8 Å². The van der Waals surface area contributed by atoms with Crippen LogP contribution in [0.25, 0.3) is 0 Å². The van der Waals surface area contributed by atoms with Crippen LogP contribution in [0.4, 0.5) is 26.7 Å². The Bertz CT molecular complexity index is 1330. The summed E-state index contributed by atoms with van der Waals surface area (Å²) in [7, 11) is 0. The number of benzene rings is 1. The molecule has 0 bridgehead atoms. The molecule has 0 saturated heterocycles. The number of aromatic nitrogens is 1. The maximum Gasteiger partial charge on any atom is 0.417 e. The first-order valence-corrected chi connectivity index (χ1v) is 10.6. The fraction of sp³-hybridized carbons (Fsp3) is 0.174. The molecule has 14 heteroatoms. The fourth-order valence-corrected chi connectivity index (χ4v) is 3.26. The molecule has 2 N–H and O–H groups in total. The van der Waals surface area contributed by atoms with Crippen LogP contribution in [-0.4, -0.2) is 35.5 Å². The number of rotatable bonds is 6. The number of imide groups is 1. The predicted octanol–water partition coefficient (Wildman–Crippen LogP) is 4.49. The van der Waals surface area contributed by atoms with Crippen LogP contribution in [0.3, 0.4) is 0 Å². The molecule has 0 spiro atoms. The van der Waals surface area contributed by atoms with Crippen LogP contribution in [0.1, 0.15) is 22.8 Å². The van der Waals surface area contributed by atoms with Crippen molar-refractivity contribution in [2.75, 3.05) is 6.61 Å².